The SMILES string of the molecule is Cc1cc(C)c(C)c(C(CN)CN2CCCCC2)c1C. The van der Waals surface area contributed by atoms with Gasteiger partial charge in [0.2, 0.25) is 0 Å². The zero-order chi connectivity index (χ0) is 14.7. The number of nitrogens with two attached hydrogens (primary N) is 1. The molecule has 2 nitrogen and oxygen atoms in total. The highest BCUT2D eigenvalue weighted by Gasteiger charge is 2.21. The largest absolute Gasteiger partial charge is 0.330 e. The number of hydrogen-bond donors (Lipinski definition) is 1. The molecule has 2 heteroatoms. The maximum absolute atomic E-state index is 6.13. The number of rotatable bonds is 4. The predicted molar refractivity (Wildman–Crippen MR) is 87.5 cm³/mol. The van der Waals surface area contributed by atoms with Crippen LogP contribution in [-0.2, 0) is 0 Å². The molecule has 1 fully saturated rings. The van der Waals surface area contributed by atoms with Gasteiger partial charge >= 0.3 is 0 Å². The van der Waals surface area contributed by atoms with Crippen LogP contribution in [0.15, 0.2) is 6.07 Å². The Bertz CT molecular complexity index is 433. The Morgan fingerprint density at radius 1 is 1.00 bits per heavy atom. The number of benzene rings is 1. The molecule has 1 saturated heterocycles. The molecular weight excluding hydrogens is 244 g/mol. The first-order chi connectivity index (χ1) is 9.54. The summed E-state index contributed by atoms with van der Waals surface area (Å²) in [6.45, 7) is 13.3. The van der Waals surface area contributed by atoms with E-state index in [2.05, 4.69) is 38.7 Å². The molecule has 1 aliphatic heterocycles. The Morgan fingerprint density at radius 2 is 1.55 bits per heavy atom. The Labute approximate surface area is 124 Å². The highest BCUT2D eigenvalue weighted by Crippen LogP contribution is 2.29. The molecule has 2 rings (SSSR count). The van der Waals surface area contributed by atoms with Crippen LogP contribution in [0.4, 0.5) is 0 Å². The van der Waals surface area contributed by atoms with Gasteiger partial charge < -0.3 is 10.6 Å². The summed E-state index contributed by atoms with van der Waals surface area (Å²) in [6, 6.07) is 2.31. The van der Waals surface area contributed by atoms with Crippen molar-refractivity contribution < 1.29 is 0 Å². The Balaban J connectivity index is 2.26. The summed E-state index contributed by atoms with van der Waals surface area (Å²) in [5, 5.41) is 0. The van der Waals surface area contributed by atoms with Crippen molar-refractivity contribution in [2.75, 3.05) is 26.2 Å². The Hall–Kier alpha value is -0.860. The normalized spacial score (nSPS) is 18.2. The zero-order valence-electron chi connectivity index (χ0n) is 13.6. The Kier molecular flexibility index (Phi) is 5.22. The molecule has 0 spiro atoms. The van der Waals surface area contributed by atoms with Crippen molar-refractivity contribution >= 4 is 0 Å². The summed E-state index contributed by atoms with van der Waals surface area (Å²) in [5.41, 5.74) is 13.3. The summed E-state index contributed by atoms with van der Waals surface area (Å²) < 4.78 is 0. The van der Waals surface area contributed by atoms with Crippen molar-refractivity contribution in [2.24, 2.45) is 5.73 Å². The first kappa shape index (κ1) is 15.5. The van der Waals surface area contributed by atoms with Crippen molar-refractivity contribution in [1.82, 2.24) is 4.90 Å². The lowest BCUT2D eigenvalue weighted by atomic mass is 9.85. The summed E-state index contributed by atoms with van der Waals surface area (Å²) in [4.78, 5) is 2.61. The van der Waals surface area contributed by atoms with Crippen LogP contribution in [0.2, 0.25) is 0 Å². The van der Waals surface area contributed by atoms with Gasteiger partial charge in [-0.2, -0.15) is 0 Å². The molecule has 1 aromatic carbocycles. The van der Waals surface area contributed by atoms with Gasteiger partial charge in [-0.05, 0) is 81.4 Å². The molecule has 0 aromatic heterocycles. The molecule has 1 atom stereocenters. The first-order valence-corrected chi connectivity index (χ1v) is 8.04. The average molecular weight is 274 g/mol. The van der Waals surface area contributed by atoms with Crippen LogP contribution >= 0.6 is 0 Å². The van der Waals surface area contributed by atoms with Gasteiger partial charge in [-0.25, -0.2) is 0 Å². The monoisotopic (exact) mass is 274 g/mol. The lowest BCUT2D eigenvalue weighted by molar-refractivity contribution is 0.216. The second-order valence-electron chi connectivity index (χ2n) is 6.47. The highest BCUT2D eigenvalue weighted by atomic mass is 15.1. The molecule has 0 amide bonds. The third-order valence-electron chi connectivity index (χ3n) is 5.04. The summed E-state index contributed by atoms with van der Waals surface area (Å²) in [5.74, 6) is 0.478. The van der Waals surface area contributed by atoms with E-state index in [4.69, 9.17) is 5.73 Å². The van der Waals surface area contributed by atoms with Gasteiger partial charge in [-0.15, -0.1) is 0 Å². The molecule has 1 heterocycles. The summed E-state index contributed by atoms with van der Waals surface area (Å²) in [7, 11) is 0. The van der Waals surface area contributed by atoms with Gasteiger partial charge in [0.1, 0.15) is 0 Å². The van der Waals surface area contributed by atoms with E-state index in [1.54, 1.807) is 0 Å². The van der Waals surface area contributed by atoms with Crippen LogP contribution < -0.4 is 5.73 Å². The standard InChI is InChI=1S/C18H30N2/c1-13-10-14(2)16(4)18(15(13)3)17(11-19)12-20-8-6-5-7-9-20/h10,17H,5-9,11-12,19H2,1-4H3. The molecule has 112 valence electrons. The number of nitrogens with zero attached hydrogens (tertiary/aromatic N) is 1. The fraction of sp³-hybridized carbons (Fsp3) is 0.667. The van der Waals surface area contributed by atoms with Crippen LogP contribution in [0.5, 0.6) is 0 Å². The highest BCUT2D eigenvalue weighted by molar-refractivity contribution is 5.46. The van der Waals surface area contributed by atoms with Crippen molar-refractivity contribution in [2.45, 2.75) is 52.9 Å². The Morgan fingerprint density at radius 3 is 2.05 bits per heavy atom. The fourth-order valence-corrected chi connectivity index (χ4v) is 3.60. The van der Waals surface area contributed by atoms with Gasteiger partial charge in [0.05, 0.1) is 0 Å². The van der Waals surface area contributed by atoms with E-state index in [9.17, 15) is 0 Å². The van der Waals surface area contributed by atoms with Crippen LogP contribution in [0.3, 0.4) is 0 Å². The molecule has 0 aliphatic carbocycles. The molecule has 0 bridgehead atoms. The van der Waals surface area contributed by atoms with E-state index in [0.29, 0.717) is 5.92 Å². The van der Waals surface area contributed by atoms with Gasteiger partial charge in [0.15, 0.2) is 0 Å². The number of aryl methyl sites for hydroxylation is 2. The van der Waals surface area contributed by atoms with Gasteiger partial charge in [-0.3, -0.25) is 0 Å². The minimum absolute atomic E-state index is 0.478. The van der Waals surface area contributed by atoms with Crippen molar-refractivity contribution in [3.05, 3.63) is 33.9 Å². The summed E-state index contributed by atoms with van der Waals surface area (Å²) in [6.07, 6.45) is 4.09. The quantitative estimate of drug-likeness (QED) is 0.911. The summed E-state index contributed by atoms with van der Waals surface area (Å²) >= 11 is 0. The van der Waals surface area contributed by atoms with E-state index in [0.717, 1.165) is 13.1 Å². The van der Waals surface area contributed by atoms with Crippen LogP contribution in [-0.4, -0.2) is 31.1 Å². The zero-order valence-corrected chi connectivity index (χ0v) is 13.6. The topological polar surface area (TPSA) is 29.3 Å². The van der Waals surface area contributed by atoms with E-state index in [1.165, 1.54) is 60.2 Å². The number of hydrogen-bond acceptors (Lipinski definition) is 2. The predicted octanol–water partition coefficient (Wildman–Crippen LogP) is 3.45. The number of likely N-dealkylation sites (tertiary alicyclic amines) is 1. The van der Waals surface area contributed by atoms with Crippen molar-refractivity contribution in [3.63, 3.8) is 0 Å². The number of piperidine rings is 1. The molecule has 1 aliphatic rings. The minimum atomic E-state index is 0.478. The maximum atomic E-state index is 6.13. The third-order valence-corrected chi connectivity index (χ3v) is 5.04. The fourth-order valence-electron chi connectivity index (χ4n) is 3.60. The molecular formula is C18H30N2. The molecule has 0 saturated carbocycles. The second kappa shape index (κ2) is 6.73. The minimum Gasteiger partial charge on any atom is -0.330 e. The van der Waals surface area contributed by atoms with E-state index in [1.807, 2.05) is 0 Å². The second-order valence-corrected chi connectivity index (χ2v) is 6.47. The van der Waals surface area contributed by atoms with E-state index >= 15 is 0 Å². The van der Waals surface area contributed by atoms with Crippen LogP contribution in [0.25, 0.3) is 0 Å². The average Bonchev–Trinajstić information content (AvgIpc) is 2.45. The van der Waals surface area contributed by atoms with E-state index in [-0.39, 0.29) is 0 Å². The van der Waals surface area contributed by atoms with Crippen LogP contribution in [0, 0.1) is 27.7 Å². The molecule has 20 heavy (non-hydrogen) atoms. The van der Waals surface area contributed by atoms with Crippen molar-refractivity contribution in [3.8, 4) is 0 Å². The van der Waals surface area contributed by atoms with Gasteiger partial charge in [0, 0.05) is 19.0 Å². The van der Waals surface area contributed by atoms with E-state index < -0.39 is 0 Å². The first-order valence-electron chi connectivity index (χ1n) is 8.04. The smallest absolute Gasteiger partial charge is 0.00942 e. The van der Waals surface area contributed by atoms with Crippen molar-refractivity contribution in [1.29, 1.82) is 0 Å². The lowest BCUT2D eigenvalue weighted by Gasteiger charge is -2.32. The lowest BCUT2D eigenvalue weighted by Crippen LogP contribution is -2.36. The molecule has 1 aromatic rings. The third kappa shape index (κ3) is 3.24. The van der Waals surface area contributed by atoms with Gasteiger partial charge in [-0.1, -0.05) is 12.5 Å². The molecule has 1 unspecified atom stereocenters. The van der Waals surface area contributed by atoms with Gasteiger partial charge in [0.25, 0.3) is 0 Å². The molecule has 0 radical (unpaired) electrons. The molecule has 2 N–H and O–H groups in total. The van der Waals surface area contributed by atoms with Crippen LogP contribution in [0.1, 0.15) is 53.0 Å². The maximum Gasteiger partial charge on any atom is 0.00942 e.